The number of nitrogens with two attached hydrogens (primary N) is 2. The van der Waals surface area contributed by atoms with E-state index in [0.717, 1.165) is 23.3 Å². The minimum absolute atomic E-state index is 0.140. The molecule has 12 nitrogen and oxygen atoms in total. The Balaban J connectivity index is 1.41. The van der Waals surface area contributed by atoms with E-state index in [1.807, 2.05) is 13.8 Å². The fourth-order valence-electron chi connectivity index (χ4n) is 5.73. The van der Waals surface area contributed by atoms with Crippen molar-refractivity contribution in [1.29, 1.82) is 0 Å². The van der Waals surface area contributed by atoms with E-state index in [4.69, 9.17) is 63.1 Å². The maximum absolute atomic E-state index is 13.3. The first-order valence-corrected chi connectivity index (χ1v) is 19.2. The van der Waals surface area contributed by atoms with Crippen LogP contribution in [0, 0.1) is 11.8 Å². The molecule has 6 unspecified atom stereocenters. The van der Waals surface area contributed by atoms with E-state index in [1.54, 1.807) is 97.1 Å². The summed E-state index contributed by atoms with van der Waals surface area (Å²) in [7, 11) is 2.67. The second-order valence-electron chi connectivity index (χ2n) is 13.7. The van der Waals surface area contributed by atoms with E-state index < -0.39 is 36.2 Å². The smallest absolute Gasteiger partial charge is 0.331 e. The lowest BCUT2D eigenvalue weighted by Gasteiger charge is -2.29. The molecular weight excluding hydrogens is 787 g/mol. The number of benzene rings is 4. The normalized spacial score (nSPS) is 14.3. The van der Waals surface area contributed by atoms with Gasteiger partial charge in [0, 0.05) is 34.0 Å². The van der Waals surface area contributed by atoms with Gasteiger partial charge < -0.3 is 39.9 Å². The second kappa shape index (κ2) is 22.5. The first-order valence-electron chi connectivity index (χ1n) is 18.4. The molecule has 4 aromatic rings. The van der Waals surface area contributed by atoms with Gasteiger partial charge in [0.1, 0.15) is 23.7 Å². The van der Waals surface area contributed by atoms with Gasteiger partial charge in [-0.15, -0.1) is 0 Å². The lowest BCUT2D eigenvalue weighted by atomic mass is 9.93. The van der Waals surface area contributed by atoms with Crippen LogP contribution >= 0.6 is 23.2 Å². The van der Waals surface area contributed by atoms with Crippen molar-refractivity contribution in [2.24, 2.45) is 23.3 Å². The second-order valence-corrected chi connectivity index (χ2v) is 14.6. The van der Waals surface area contributed by atoms with Gasteiger partial charge >= 0.3 is 23.9 Å². The maximum atomic E-state index is 13.3. The number of halogens is 2. The van der Waals surface area contributed by atoms with Gasteiger partial charge in [0.05, 0.1) is 52.4 Å². The van der Waals surface area contributed by atoms with Gasteiger partial charge in [0.15, 0.2) is 0 Å². The van der Waals surface area contributed by atoms with Crippen LogP contribution in [0.2, 0.25) is 10.0 Å². The third kappa shape index (κ3) is 14.2. The average Bonchev–Trinajstić information content (AvgIpc) is 3.22. The van der Waals surface area contributed by atoms with Crippen molar-refractivity contribution in [1.82, 2.24) is 0 Å². The molecule has 4 rings (SSSR count). The molecule has 0 aromatic heterocycles. The molecule has 0 saturated carbocycles. The molecule has 0 fully saturated rings. The Morgan fingerprint density at radius 3 is 1.28 bits per heavy atom. The SMILES string of the molecule is COC(=O)Cc1ccc(OCC(C)C(N)C(OC(=O)/C=C/C(=O)OC(c2cccc(Cl)c2)C(N)C(C)COc2ccc(CC(=O)OC)cc2)c2cccc(Cl)c2)cc1. The summed E-state index contributed by atoms with van der Waals surface area (Å²) in [5.41, 5.74) is 16.0. The summed E-state index contributed by atoms with van der Waals surface area (Å²) < 4.78 is 33.0. The Bertz CT molecular complexity index is 1870. The summed E-state index contributed by atoms with van der Waals surface area (Å²) in [6.07, 6.45) is 0.263. The number of hydrogen-bond donors (Lipinski definition) is 2. The van der Waals surface area contributed by atoms with Crippen LogP contribution in [0.25, 0.3) is 0 Å². The predicted molar refractivity (Wildman–Crippen MR) is 219 cm³/mol. The lowest BCUT2D eigenvalue weighted by molar-refractivity contribution is -0.148. The molecule has 58 heavy (non-hydrogen) atoms. The Hall–Kier alpha value is -5.40. The summed E-state index contributed by atoms with van der Waals surface area (Å²) in [4.78, 5) is 49.7. The number of ether oxygens (including phenoxy) is 6. The van der Waals surface area contributed by atoms with Crippen molar-refractivity contribution in [3.05, 3.63) is 142 Å². The van der Waals surface area contributed by atoms with Crippen LogP contribution in [0.3, 0.4) is 0 Å². The van der Waals surface area contributed by atoms with Crippen molar-refractivity contribution in [2.45, 2.75) is 51.0 Å². The standard InChI is InChI=1S/C44H48Cl2N2O10/c1-27(25-55-35-15-11-29(12-16-35)21-39(51)53-3)41(47)43(31-7-5-9-33(45)23-31)57-37(49)19-20-38(50)58-44(32-8-6-10-34(46)24-32)42(48)28(2)26-56-36-17-13-30(14-18-36)22-40(52)54-4/h5-20,23-24,27-28,41-44H,21-22,25-26,47-48H2,1-4H3/b20-19+. The van der Waals surface area contributed by atoms with Gasteiger partial charge in [0.2, 0.25) is 0 Å². The maximum Gasteiger partial charge on any atom is 0.331 e. The Kier molecular flexibility index (Phi) is 17.6. The topological polar surface area (TPSA) is 176 Å². The third-order valence-corrected chi connectivity index (χ3v) is 9.70. The molecule has 0 heterocycles. The number of esters is 4. The highest BCUT2D eigenvalue weighted by atomic mass is 35.5. The molecule has 0 radical (unpaired) electrons. The van der Waals surface area contributed by atoms with Crippen LogP contribution in [0.4, 0.5) is 0 Å². The number of methoxy groups -OCH3 is 2. The number of carbonyl (C=O) groups excluding carboxylic acids is 4. The highest BCUT2D eigenvalue weighted by Gasteiger charge is 2.31. The minimum atomic E-state index is -0.967. The zero-order chi connectivity index (χ0) is 42.2. The van der Waals surface area contributed by atoms with Crippen LogP contribution in [0.5, 0.6) is 11.5 Å². The summed E-state index contributed by atoms with van der Waals surface area (Å²) >= 11 is 12.6. The molecule has 0 aliphatic heterocycles. The molecule has 14 heteroatoms. The zero-order valence-corrected chi connectivity index (χ0v) is 34.2. The quantitative estimate of drug-likeness (QED) is 0.0534. The van der Waals surface area contributed by atoms with E-state index in [-0.39, 0.29) is 49.8 Å². The minimum Gasteiger partial charge on any atom is -0.493 e. The highest BCUT2D eigenvalue weighted by molar-refractivity contribution is 6.30. The van der Waals surface area contributed by atoms with Crippen LogP contribution in [0.1, 0.15) is 48.3 Å². The van der Waals surface area contributed by atoms with Gasteiger partial charge in [0.25, 0.3) is 0 Å². The Morgan fingerprint density at radius 1 is 0.586 bits per heavy atom. The van der Waals surface area contributed by atoms with Crippen molar-refractivity contribution >= 4 is 47.1 Å². The van der Waals surface area contributed by atoms with E-state index in [0.29, 0.717) is 32.7 Å². The highest BCUT2D eigenvalue weighted by Crippen LogP contribution is 2.30. The van der Waals surface area contributed by atoms with Crippen LogP contribution in [-0.2, 0) is 51.0 Å². The first-order chi connectivity index (χ1) is 27.8. The molecule has 4 aromatic carbocycles. The summed E-state index contributed by atoms with van der Waals surface area (Å²) in [5.74, 6) is -1.95. The molecular formula is C44H48Cl2N2O10. The number of rotatable bonds is 20. The van der Waals surface area contributed by atoms with E-state index in [2.05, 4.69) is 0 Å². The molecule has 4 N–H and O–H groups in total. The average molecular weight is 836 g/mol. The van der Waals surface area contributed by atoms with Gasteiger partial charge in [-0.2, -0.15) is 0 Å². The Morgan fingerprint density at radius 2 is 0.948 bits per heavy atom. The van der Waals surface area contributed by atoms with Crippen LogP contribution in [0.15, 0.2) is 109 Å². The van der Waals surface area contributed by atoms with E-state index in [1.165, 1.54) is 14.2 Å². The van der Waals surface area contributed by atoms with Crippen LogP contribution < -0.4 is 20.9 Å². The van der Waals surface area contributed by atoms with E-state index >= 15 is 0 Å². The van der Waals surface area contributed by atoms with Crippen molar-refractivity contribution in [3.8, 4) is 11.5 Å². The van der Waals surface area contributed by atoms with Crippen LogP contribution in [-0.4, -0.2) is 63.4 Å². The van der Waals surface area contributed by atoms with Gasteiger partial charge in [-0.1, -0.05) is 85.6 Å². The molecule has 308 valence electrons. The third-order valence-electron chi connectivity index (χ3n) is 9.23. The summed E-state index contributed by atoms with van der Waals surface area (Å²) in [6, 6.07) is 26.1. The molecule has 0 aliphatic carbocycles. The number of hydrogen-bond acceptors (Lipinski definition) is 12. The fraction of sp³-hybridized carbons (Fsp3) is 0.318. The van der Waals surface area contributed by atoms with E-state index in [9.17, 15) is 19.2 Å². The molecule has 0 aliphatic rings. The van der Waals surface area contributed by atoms with Gasteiger partial charge in [-0.3, -0.25) is 9.59 Å². The number of carbonyl (C=O) groups is 4. The fourth-order valence-corrected chi connectivity index (χ4v) is 6.13. The monoisotopic (exact) mass is 834 g/mol. The predicted octanol–water partition coefficient (Wildman–Crippen LogP) is 6.93. The molecule has 0 bridgehead atoms. The van der Waals surface area contributed by atoms with Crippen molar-refractivity contribution < 1.29 is 47.6 Å². The van der Waals surface area contributed by atoms with Gasteiger partial charge in [-0.05, 0) is 70.8 Å². The summed E-state index contributed by atoms with van der Waals surface area (Å²) in [6.45, 7) is 4.05. The summed E-state index contributed by atoms with van der Waals surface area (Å²) in [5, 5.41) is 0.828. The lowest BCUT2D eigenvalue weighted by Crippen LogP contribution is -2.40. The molecule has 6 atom stereocenters. The largest absolute Gasteiger partial charge is 0.493 e. The molecule has 0 saturated heterocycles. The first kappa shape index (κ1) is 45.3. The zero-order valence-electron chi connectivity index (χ0n) is 32.7. The van der Waals surface area contributed by atoms with Gasteiger partial charge in [-0.25, -0.2) is 9.59 Å². The van der Waals surface area contributed by atoms with Crippen molar-refractivity contribution in [3.63, 3.8) is 0 Å². The Labute approximate surface area is 348 Å². The van der Waals surface area contributed by atoms with Crippen molar-refractivity contribution in [2.75, 3.05) is 27.4 Å². The molecule has 0 amide bonds. The molecule has 0 spiro atoms.